The third kappa shape index (κ3) is 8.20. The monoisotopic (exact) mass is 624 g/mol. The van der Waals surface area contributed by atoms with Gasteiger partial charge in [-0.2, -0.15) is 0 Å². The number of hydrogen-bond acceptors (Lipinski definition) is 4. The molecule has 8 heteroatoms. The van der Waals surface area contributed by atoms with E-state index in [0.717, 1.165) is 87.1 Å². The lowest BCUT2D eigenvalue weighted by molar-refractivity contribution is -0.117. The molecule has 0 radical (unpaired) electrons. The molecule has 2 aliphatic heterocycles. The number of unbranched alkanes of at least 4 members (excludes halogenated alkanes) is 5. The van der Waals surface area contributed by atoms with Gasteiger partial charge in [-0.15, -0.1) is 0 Å². The number of amides is 2. The van der Waals surface area contributed by atoms with E-state index in [9.17, 15) is 9.59 Å². The van der Waals surface area contributed by atoms with Crippen LogP contribution >= 0.6 is 0 Å². The van der Waals surface area contributed by atoms with Gasteiger partial charge in [0.15, 0.2) is 0 Å². The van der Waals surface area contributed by atoms with E-state index in [0.29, 0.717) is 24.7 Å². The Hall–Kier alpha value is -3.62. The summed E-state index contributed by atoms with van der Waals surface area (Å²) in [5.74, 6) is 1.33. The highest BCUT2D eigenvalue weighted by molar-refractivity contribution is 5.95. The molecule has 0 saturated carbocycles. The summed E-state index contributed by atoms with van der Waals surface area (Å²) < 4.78 is 0. The van der Waals surface area contributed by atoms with Crippen molar-refractivity contribution >= 4 is 45.0 Å². The van der Waals surface area contributed by atoms with Gasteiger partial charge in [0.2, 0.25) is 11.8 Å². The molecular formula is C38H52N6O2. The normalized spacial score (nSPS) is 17.2. The predicted octanol–water partition coefficient (Wildman–Crippen LogP) is 7.97. The summed E-state index contributed by atoms with van der Waals surface area (Å²) in [5.41, 5.74) is 6.81. The van der Waals surface area contributed by atoms with Gasteiger partial charge in [0.25, 0.3) is 0 Å². The number of benzene rings is 2. The fourth-order valence-corrected chi connectivity index (χ4v) is 7.48. The summed E-state index contributed by atoms with van der Waals surface area (Å²) in [7, 11) is 4.38. The van der Waals surface area contributed by atoms with Crippen LogP contribution in [0, 0.1) is 0 Å². The van der Waals surface area contributed by atoms with Crippen LogP contribution in [0.25, 0.3) is 21.8 Å². The molecule has 46 heavy (non-hydrogen) atoms. The molecule has 2 aliphatic rings. The maximum absolute atomic E-state index is 12.7. The van der Waals surface area contributed by atoms with E-state index in [1.54, 1.807) is 0 Å². The summed E-state index contributed by atoms with van der Waals surface area (Å²) in [6, 6.07) is 12.4. The van der Waals surface area contributed by atoms with E-state index in [1.165, 1.54) is 47.6 Å². The van der Waals surface area contributed by atoms with Crippen molar-refractivity contribution in [3.8, 4) is 0 Å². The van der Waals surface area contributed by atoms with Crippen molar-refractivity contribution < 1.29 is 9.59 Å². The molecule has 8 nitrogen and oxygen atoms in total. The van der Waals surface area contributed by atoms with Crippen molar-refractivity contribution in [1.29, 1.82) is 0 Å². The minimum Gasteiger partial charge on any atom is -0.361 e. The van der Waals surface area contributed by atoms with Crippen LogP contribution < -0.4 is 10.6 Å². The van der Waals surface area contributed by atoms with Gasteiger partial charge in [0.05, 0.1) is 0 Å². The second-order valence-electron chi connectivity index (χ2n) is 13.9. The smallest absolute Gasteiger partial charge is 0.224 e. The third-order valence-corrected chi connectivity index (χ3v) is 10.4. The quantitative estimate of drug-likeness (QED) is 0.114. The molecule has 0 atom stereocenters. The van der Waals surface area contributed by atoms with Gasteiger partial charge >= 0.3 is 0 Å². The molecule has 4 heterocycles. The number of aromatic nitrogens is 2. The van der Waals surface area contributed by atoms with E-state index in [4.69, 9.17) is 0 Å². The maximum atomic E-state index is 12.7. The molecule has 0 spiro atoms. The number of nitrogens with one attached hydrogen (secondary N) is 4. The number of hydrogen-bond donors (Lipinski definition) is 4. The number of carbonyl (C=O) groups excluding carboxylic acids is 2. The van der Waals surface area contributed by atoms with Gasteiger partial charge in [-0.3, -0.25) is 9.59 Å². The van der Waals surface area contributed by atoms with Gasteiger partial charge < -0.3 is 30.4 Å². The summed E-state index contributed by atoms with van der Waals surface area (Å²) in [4.78, 5) is 37.0. The highest BCUT2D eigenvalue weighted by atomic mass is 16.2. The minimum atomic E-state index is 0.0868. The first kappa shape index (κ1) is 32.3. The second-order valence-corrected chi connectivity index (χ2v) is 13.9. The summed E-state index contributed by atoms with van der Waals surface area (Å²) in [6.45, 7) is 4.53. The van der Waals surface area contributed by atoms with Crippen molar-refractivity contribution in [2.24, 2.45) is 0 Å². The summed E-state index contributed by atoms with van der Waals surface area (Å²) in [5, 5.41) is 8.72. The highest BCUT2D eigenvalue weighted by Gasteiger charge is 2.22. The van der Waals surface area contributed by atoms with Gasteiger partial charge in [0.1, 0.15) is 0 Å². The highest BCUT2D eigenvalue weighted by Crippen LogP contribution is 2.35. The van der Waals surface area contributed by atoms with Crippen LogP contribution in [-0.2, 0) is 9.59 Å². The van der Waals surface area contributed by atoms with Crippen molar-refractivity contribution in [2.75, 3.05) is 50.9 Å². The molecule has 246 valence electrons. The van der Waals surface area contributed by atoms with Crippen LogP contribution in [0.2, 0.25) is 0 Å². The third-order valence-electron chi connectivity index (χ3n) is 10.4. The largest absolute Gasteiger partial charge is 0.361 e. The molecule has 4 aromatic rings. The molecule has 2 saturated heterocycles. The Morgan fingerprint density at radius 1 is 0.630 bits per heavy atom. The van der Waals surface area contributed by atoms with E-state index < -0.39 is 0 Å². The van der Waals surface area contributed by atoms with Crippen molar-refractivity contribution in [3.05, 3.63) is 59.9 Å². The Morgan fingerprint density at radius 2 is 1.02 bits per heavy atom. The van der Waals surface area contributed by atoms with Crippen molar-refractivity contribution in [3.63, 3.8) is 0 Å². The van der Waals surface area contributed by atoms with Crippen LogP contribution in [0.15, 0.2) is 48.8 Å². The number of piperidine rings is 2. The van der Waals surface area contributed by atoms with E-state index >= 15 is 0 Å². The van der Waals surface area contributed by atoms with Gasteiger partial charge in [-0.25, -0.2) is 0 Å². The minimum absolute atomic E-state index is 0.0868. The van der Waals surface area contributed by atoms with Crippen molar-refractivity contribution in [1.82, 2.24) is 19.8 Å². The fourth-order valence-electron chi connectivity index (χ4n) is 7.48. The van der Waals surface area contributed by atoms with Crippen LogP contribution in [0.5, 0.6) is 0 Å². The fraction of sp³-hybridized carbons (Fsp3) is 0.526. The summed E-state index contributed by atoms with van der Waals surface area (Å²) in [6.07, 6.45) is 16.2. The standard InChI is InChI=1S/C38H52N6O2/c1-43-19-15-27(16-20-43)33-25-39-35-13-11-29(23-31(33)35)41-37(45)9-7-5-3-4-6-8-10-38(46)42-30-12-14-36-32(24-30)34(26-40-36)28-17-21-44(2)22-18-28/h11-14,23-28,39-40H,3-10,15-22H2,1-2H3,(H,41,45)(H,42,46). The number of carbonyl (C=O) groups is 2. The zero-order valence-electron chi connectivity index (χ0n) is 27.8. The molecule has 0 unspecified atom stereocenters. The molecular weight excluding hydrogens is 572 g/mol. The first-order chi connectivity index (χ1) is 22.4. The van der Waals surface area contributed by atoms with E-state index in [2.05, 4.69) is 81.2 Å². The Kier molecular flexibility index (Phi) is 10.8. The molecule has 0 aliphatic carbocycles. The molecule has 2 aromatic carbocycles. The first-order valence-corrected chi connectivity index (χ1v) is 17.6. The van der Waals surface area contributed by atoms with Crippen LogP contribution in [0.1, 0.15) is 100 Å². The van der Waals surface area contributed by atoms with Crippen LogP contribution in [-0.4, -0.2) is 71.9 Å². The first-order valence-electron chi connectivity index (χ1n) is 17.6. The molecule has 0 bridgehead atoms. The molecule has 6 rings (SSSR count). The molecule has 2 aromatic heterocycles. The number of likely N-dealkylation sites (tertiary alicyclic amines) is 2. The SMILES string of the molecule is CN1CCC(c2c[nH]c3ccc(NC(=O)CCCCCCCCC(=O)Nc4ccc5[nH]cc(C6CCN(C)CC6)c5c4)cc23)CC1. The maximum Gasteiger partial charge on any atom is 0.224 e. The predicted molar refractivity (Wildman–Crippen MR) is 190 cm³/mol. The summed E-state index contributed by atoms with van der Waals surface area (Å²) >= 11 is 0. The topological polar surface area (TPSA) is 96.3 Å². The van der Waals surface area contributed by atoms with Gasteiger partial charge in [-0.05, 0) is 138 Å². The number of aromatic amines is 2. The van der Waals surface area contributed by atoms with Gasteiger partial charge in [0, 0.05) is 58.4 Å². The Bertz CT molecular complexity index is 1490. The van der Waals surface area contributed by atoms with Gasteiger partial charge in [-0.1, -0.05) is 25.7 Å². The Morgan fingerprint density at radius 3 is 1.43 bits per heavy atom. The van der Waals surface area contributed by atoms with E-state index in [1.807, 2.05) is 12.1 Å². The Balaban J connectivity index is 0.859. The average Bonchev–Trinajstić information content (AvgIpc) is 3.67. The van der Waals surface area contributed by atoms with Crippen molar-refractivity contribution in [2.45, 2.75) is 88.9 Å². The lowest BCUT2D eigenvalue weighted by Crippen LogP contribution is -2.29. The zero-order chi connectivity index (χ0) is 31.9. The lowest BCUT2D eigenvalue weighted by atomic mass is 9.89. The number of fused-ring (bicyclic) bond motifs is 2. The van der Waals surface area contributed by atoms with Crippen LogP contribution in [0.4, 0.5) is 11.4 Å². The zero-order valence-corrected chi connectivity index (χ0v) is 27.8. The van der Waals surface area contributed by atoms with Crippen LogP contribution in [0.3, 0.4) is 0 Å². The van der Waals surface area contributed by atoms with E-state index in [-0.39, 0.29) is 11.8 Å². The molecule has 2 amide bonds. The number of rotatable bonds is 13. The number of nitrogens with zero attached hydrogens (tertiary/aromatic N) is 2. The average molecular weight is 625 g/mol. The molecule has 2 fully saturated rings. The Labute approximate surface area is 273 Å². The number of H-pyrrole nitrogens is 2. The second kappa shape index (κ2) is 15.3. The molecule has 4 N–H and O–H groups in total. The number of anilines is 2. The lowest BCUT2D eigenvalue weighted by Gasteiger charge is -2.28.